The van der Waals surface area contributed by atoms with Crippen LogP contribution in [0.25, 0.3) is 16.7 Å². The second kappa shape index (κ2) is 8.12. The van der Waals surface area contributed by atoms with E-state index in [0.29, 0.717) is 22.9 Å². The Morgan fingerprint density at radius 2 is 1.61 bits per heavy atom. The van der Waals surface area contributed by atoms with Crippen LogP contribution in [0.3, 0.4) is 0 Å². The number of aryl methyl sites for hydroxylation is 3. The predicted molar refractivity (Wildman–Crippen MR) is 138 cm³/mol. The summed E-state index contributed by atoms with van der Waals surface area (Å²) >= 11 is 0. The van der Waals surface area contributed by atoms with Gasteiger partial charge in [-0.25, -0.2) is 4.98 Å². The van der Waals surface area contributed by atoms with Crippen molar-refractivity contribution < 1.29 is 14.4 Å². The Balaban J connectivity index is 1.49. The summed E-state index contributed by atoms with van der Waals surface area (Å²) in [5.41, 5.74) is 3.84. The van der Waals surface area contributed by atoms with Crippen LogP contribution in [0.1, 0.15) is 68.7 Å². The monoisotopic (exact) mass is 481 g/mol. The van der Waals surface area contributed by atoms with Crippen LogP contribution in [0.4, 0.5) is 5.82 Å². The molecular formula is C28H27N5O3. The molecule has 1 aliphatic heterocycles. The van der Waals surface area contributed by atoms with E-state index in [1.807, 2.05) is 45.0 Å². The molecule has 2 aromatic heterocycles. The molecule has 182 valence electrons. The van der Waals surface area contributed by atoms with Gasteiger partial charge >= 0.3 is 0 Å². The normalized spacial score (nSPS) is 13.4. The highest BCUT2D eigenvalue weighted by molar-refractivity contribution is 6.22. The van der Waals surface area contributed by atoms with Gasteiger partial charge < -0.3 is 5.32 Å². The molecule has 4 aromatic rings. The van der Waals surface area contributed by atoms with Gasteiger partial charge in [-0.3, -0.25) is 19.3 Å². The number of nitrogens with zero attached hydrogens (tertiary/aromatic N) is 4. The molecule has 0 spiro atoms. The molecule has 0 saturated heterocycles. The average Bonchev–Trinajstić information content (AvgIpc) is 3.30. The number of carbonyl (C=O) groups excluding carboxylic acids is 3. The highest BCUT2D eigenvalue weighted by atomic mass is 16.2. The summed E-state index contributed by atoms with van der Waals surface area (Å²) in [5, 5.41) is 8.52. The number of para-hydroxylation sites is 1. The third-order valence-corrected chi connectivity index (χ3v) is 6.34. The fraction of sp³-hybridized carbons (Fsp3) is 0.250. The summed E-state index contributed by atoms with van der Waals surface area (Å²) in [7, 11) is 0. The van der Waals surface area contributed by atoms with Gasteiger partial charge in [-0.1, -0.05) is 18.2 Å². The molecule has 0 atom stereocenters. The van der Waals surface area contributed by atoms with Crippen molar-refractivity contribution in [2.75, 3.05) is 5.32 Å². The Morgan fingerprint density at radius 3 is 2.33 bits per heavy atom. The molecule has 0 saturated carbocycles. The van der Waals surface area contributed by atoms with Crippen molar-refractivity contribution in [2.24, 2.45) is 0 Å². The number of fused-ring (bicyclic) bond motifs is 2. The number of rotatable bonds is 3. The van der Waals surface area contributed by atoms with E-state index < -0.39 is 17.4 Å². The predicted octanol–water partition coefficient (Wildman–Crippen LogP) is 4.99. The Labute approximate surface area is 208 Å². The van der Waals surface area contributed by atoms with E-state index in [1.165, 1.54) is 17.0 Å². The van der Waals surface area contributed by atoms with Gasteiger partial charge in [-0.15, -0.1) is 0 Å². The lowest BCUT2D eigenvalue weighted by molar-refractivity contribution is 0.0507. The van der Waals surface area contributed by atoms with Crippen LogP contribution >= 0.6 is 0 Å². The van der Waals surface area contributed by atoms with Crippen molar-refractivity contribution in [3.63, 3.8) is 0 Å². The van der Waals surface area contributed by atoms with Gasteiger partial charge in [0.15, 0.2) is 5.82 Å². The summed E-state index contributed by atoms with van der Waals surface area (Å²) < 4.78 is 1.61. The maximum atomic E-state index is 13.2. The fourth-order valence-electron chi connectivity index (χ4n) is 4.60. The van der Waals surface area contributed by atoms with Crippen molar-refractivity contribution in [3.05, 3.63) is 82.0 Å². The zero-order valence-electron chi connectivity index (χ0n) is 21.1. The Bertz CT molecular complexity index is 1590. The summed E-state index contributed by atoms with van der Waals surface area (Å²) in [4.78, 5) is 45.0. The van der Waals surface area contributed by atoms with Crippen LogP contribution in [0.15, 0.2) is 48.5 Å². The number of amides is 3. The smallest absolute Gasteiger partial charge is 0.262 e. The highest BCUT2D eigenvalue weighted by Crippen LogP contribution is 2.30. The van der Waals surface area contributed by atoms with Crippen molar-refractivity contribution in [1.29, 1.82) is 0 Å². The number of nitrogens with one attached hydrogen (secondary N) is 1. The second-order valence-electron chi connectivity index (χ2n) is 10.2. The van der Waals surface area contributed by atoms with E-state index in [2.05, 4.69) is 10.4 Å². The van der Waals surface area contributed by atoms with Gasteiger partial charge in [-0.05, 0) is 76.9 Å². The highest BCUT2D eigenvalue weighted by Gasteiger charge is 2.42. The minimum Gasteiger partial charge on any atom is -0.306 e. The average molecular weight is 482 g/mol. The number of hydrogen-bond donors (Lipinski definition) is 1. The zero-order valence-corrected chi connectivity index (χ0v) is 21.1. The molecule has 8 nitrogen and oxygen atoms in total. The molecule has 3 heterocycles. The lowest BCUT2D eigenvalue weighted by atomic mass is 10.1. The summed E-state index contributed by atoms with van der Waals surface area (Å²) in [6, 6.07) is 14.3. The van der Waals surface area contributed by atoms with E-state index in [4.69, 9.17) is 4.98 Å². The first-order valence-corrected chi connectivity index (χ1v) is 11.7. The summed E-state index contributed by atoms with van der Waals surface area (Å²) in [6.07, 6.45) is 0. The van der Waals surface area contributed by atoms with E-state index in [1.54, 1.807) is 37.6 Å². The number of aromatic nitrogens is 3. The van der Waals surface area contributed by atoms with Gasteiger partial charge in [0.25, 0.3) is 17.7 Å². The van der Waals surface area contributed by atoms with E-state index in [9.17, 15) is 14.4 Å². The largest absolute Gasteiger partial charge is 0.306 e. The van der Waals surface area contributed by atoms with Gasteiger partial charge in [0.1, 0.15) is 5.82 Å². The molecule has 5 rings (SSSR count). The molecule has 8 heteroatoms. The molecule has 0 bridgehead atoms. The van der Waals surface area contributed by atoms with Crippen LogP contribution in [-0.4, -0.2) is 42.9 Å². The molecular weight excluding hydrogens is 454 g/mol. The van der Waals surface area contributed by atoms with Gasteiger partial charge in [0, 0.05) is 22.6 Å². The maximum absolute atomic E-state index is 13.2. The maximum Gasteiger partial charge on any atom is 0.262 e. The van der Waals surface area contributed by atoms with Crippen LogP contribution < -0.4 is 5.32 Å². The molecule has 3 amide bonds. The van der Waals surface area contributed by atoms with Gasteiger partial charge in [0.05, 0.1) is 22.3 Å². The number of carbonyl (C=O) groups is 3. The summed E-state index contributed by atoms with van der Waals surface area (Å²) in [5.74, 6) is -0.118. The van der Waals surface area contributed by atoms with Gasteiger partial charge in [0.2, 0.25) is 0 Å². The SMILES string of the molecule is Cc1cc(NC(=O)c2ccc3c(c2)C(=O)N(C(C)(C)C)C3=O)n(-c2cc(C)c3cccc(C)c3n2)n1. The zero-order chi connectivity index (χ0) is 25.9. The molecule has 2 aromatic carbocycles. The molecule has 0 fully saturated rings. The van der Waals surface area contributed by atoms with Crippen molar-refractivity contribution in [3.8, 4) is 5.82 Å². The molecule has 1 N–H and O–H groups in total. The first-order chi connectivity index (χ1) is 17.0. The van der Waals surface area contributed by atoms with Crippen molar-refractivity contribution in [1.82, 2.24) is 19.7 Å². The fourth-order valence-corrected chi connectivity index (χ4v) is 4.60. The van der Waals surface area contributed by atoms with E-state index in [0.717, 1.165) is 22.0 Å². The number of anilines is 1. The third-order valence-electron chi connectivity index (χ3n) is 6.34. The number of hydrogen-bond acceptors (Lipinski definition) is 5. The van der Waals surface area contributed by atoms with Crippen molar-refractivity contribution in [2.45, 2.75) is 47.1 Å². The van der Waals surface area contributed by atoms with E-state index in [-0.39, 0.29) is 17.0 Å². The van der Waals surface area contributed by atoms with Crippen LogP contribution in [-0.2, 0) is 0 Å². The standard InChI is InChI=1S/C28H27N5O3/c1-15-8-7-9-19-16(2)12-22(29-24(15)19)33-23(13-17(3)31-33)30-25(34)18-10-11-20-21(14-18)27(36)32(26(20)35)28(4,5)6/h7-14H,1-6H3,(H,30,34). The Morgan fingerprint density at radius 1 is 0.889 bits per heavy atom. The summed E-state index contributed by atoms with van der Waals surface area (Å²) in [6.45, 7) is 11.3. The number of pyridine rings is 1. The Hall–Kier alpha value is -4.33. The van der Waals surface area contributed by atoms with E-state index >= 15 is 0 Å². The quantitative estimate of drug-likeness (QED) is 0.416. The molecule has 1 aliphatic rings. The number of benzene rings is 2. The molecule has 0 unspecified atom stereocenters. The minimum atomic E-state index is -0.664. The molecule has 0 aliphatic carbocycles. The van der Waals surface area contributed by atoms with Crippen molar-refractivity contribution >= 4 is 34.4 Å². The third kappa shape index (κ3) is 3.75. The van der Waals surface area contributed by atoms with Crippen LogP contribution in [0.5, 0.6) is 0 Å². The lowest BCUT2D eigenvalue weighted by Gasteiger charge is -2.29. The topological polar surface area (TPSA) is 97.2 Å². The van der Waals surface area contributed by atoms with Crippen LogP contribution in [0, 0.1) is 20.8 Å². The number of imide groups is 1. The van der Waals surface area contributed by atoms with Gasteiger partial charge in [-0.2, -0.15) is 9.78 Å². The first-order valence-electron chi connectivity index (χ1n) is 11.7. The Kier molecular flexibility index (Phi) is 5.28. The first kappa shape index (κ1) is 23.4. The van der Waals surface area contributed by atoms with Crippen LogP contribution in [0.2, 0.25) is 0 Å². The lowest BCUT2D eigenvalue weighted by Crippen LogP contribution is -2.45. The molecule has 36 heavy (non-hydrogen) atoms. The second-order valence-corrected chi connectivity index (χ2v) is 10.2. The minimum absolute atomic E-state index is 0.231. The molecule has 0 radical (unpaired) electrons.